The fourth-order valence-corrected chi connectivity index (χ4v) is 5.12. The molecule has 0 bridgehead atoms. The van der Waals surface area contributed by atoms with Crippen LogP contribution in [0.2, 0.25) is 0 Å². The maximum Gasteiger partial charge on any atom is 1.00 e. The average molecular weight is 550 g/mol. The number of H-pyrrole nitrogens is 2. The van der Waals surface area contributed by atoms with Gasteiger partial charge in [0.2, 0.25) is 0 Å². The van der Waals surface area contributed by atoms with Gasteiger partial charge in [0.1, 0.15) is 24.4 Å². The summed E-state index contributed by atoms with van der Waals surface area (Å²) in [5.74, 6) is 0. The number of rotatable bonds is 8. The summed E-state index contributed by atoms with van der Waals surface area (Å²) in [7, 11) is -17.8. The summed E-state index contributed by atoms with van der Waals surface area (Å²) >= 11 is 0. The quantitative estimate of drug-likeness (QED) is 0.148. The largest absolute Gasteiger partial charge is 1.00 e. The smallest absolute Gasteiger partial charge is 0.756 e. The summed E-state index contributed by atoms with van der Waals surface area (Å²) in [6.07, 6.45) is -5.89. The SMILES string of the molecule is O=c1[nH]cc([C@@H]2O[C@H](COP(=O)([O-])OP(=O)([O-])OP(=O)([O-])O)[C@@H](O)[C@H]2O)c(=O)[nH]1.[Na+].[Na+].[Na+]. The molecule has 1 aliphatic heterocycles. The van der Waals surface area contributed by atoms with Crippen LogP contribution in [0.25, 0.3) is 0 Å². The Kier molecular flexibility index (Phi) is 15.9. The van der Waals surface area contributed by atoms with E-state index in [1.807, 2.05) is 4.98 Å². The van der Waals surface area contributed by atoms with Crippen LogP contribution in [0, 0.1) is 0 Å². The van der Waals surface area contributed by atoms with E-state index in [4.69, 9.17) is 9.63 Å². The van der Waals surface area contributed by atoms with Crippen molar-refractivity contribution < 1.29 is 150 Å². The van der Waals surface area contributed by atoms with Gasteiger partial charge in [-0.2, -0.15) is 0 Å². The third-order valence-corrected chi connectivity index (χ3v) is 7.01. The first-order valence-electron chi connectivity index (χ1n) is 7.17. The van der Waals surface area contributed by atoms with E-state index in [0.29, 0.717) is 0 Å². The first-order valence-corrected chi connectivity index (χ1v) is 11.6. The molecule has 17 nitrogen and oxygen atoms in total. The molecule has 0 aromatic carbocycles. The van der Waals surface area contributed by atoms with Crippen molar-refractivity contribution in [2.45, 2.75) is 24.4 Å². The van der Waals surface area contributed by atoms with Gasteiger partial charge in [-0.25, -0.2) is 13.4 Å². The van der Waals surface area contributed by atoms with Gasteiger partial charge in [0, 0.05) is 6.20 Å². The number of aliphatic hydroxyl groups excluding tert-OH is 2. The number of phosphoric acid groups is 3. The number of nitrogens with one attached hydrogen (secondary N) is 2. The monoisotopic (exact) mass is 550 g/mol. The molecule has 7 atom stereocenters. The molecule has 0 radical (unpaired) electrons. The minimum Gasteiger partial charge on any atom is -0.756 e. The molecule has 0 saturated carbocycles. The third kappa shape index (κ3) is 10.9. The molecule has 1 aromatic heterocycles. The fraction of sp³-hybridized carbons (Fsp3) is 0.556. The summed E-state index contributed by atoms with van der Waals surface area (Å²) in [5.41, 5.74) is -2.17. The number of phosphoric ester groups is 1. The maximum absolute atomic E-state index is 11.7. The number of aliphatic hydroxyl groups is 2. The van der Waals surface area contributed by atoms with E-state index < -0.39 is 65.7 Å². The normalized spacial score (nSPS) is 28.1. The molecule has 0 spiro atoms. The van der Waals surface area contributed by atoms with Crippen LogP contribution in [-0.4, -0.2) is 50.0 Å². The molecule has 0 amide bonds. The number of aromatic nitrogens is 2. The van der Waals surface area contributed by atoms with Gasteiger partial charge in [-0.05, 0) is 0 Å². The zero-order chi connectivity index (χ0) is 22.2. The van der Waals surface area contributed by atoms with Gasteiger partial charge < -0.3 is 44.0 Å². The van der Waals surface area contributed by atoms with Crippen LogP contribution in [0.4, 0.5) is 0 Å². The molecular weight excluding hydrogens is 538 g/mol. The van der Waals surface area contributed by atoms with Crippen molar-refractivity contribution in [1.82, 2.24) is 9.97 Å². The molecule has 1 saturated heterocycles. The molecule has 1 aromatic rings. The molecule has 23 heteroatoms. The molecule has 5 N–H and O–H groups in total. The van der Waals surface area contributed by atoms with Gasteiger partial charge in [0.05, 0.1) is 12.2 Å². The van der Waals surface area contributed by atoms with E-state index in [-0.39, 0.29) is 94.2 Å². The first kappa shape index (κ1) is 36.1. The Hall–Kier alpha value is 1.97. The minimum absolute atomic E-state index is 0. The van der Waals surface area contributed by atoms with E-state index in [2.05, 4.69) is 18.1 Å². The summed E-state index contributed by atoms with van der Waals surface area (Å²) < 4.78 is 48.6. The van der Waals surface area contributed by atoms with Crippen molar-refractivity contribution in [3.63, 3.8) is 0 Å². The Morgan fingerprint density at radius 3 is 2.06 bits per heavy atom. The zero-order valence-electron chi connectivity index (χ0n) is 16.7. The standard InChI is InChI=1S/C9H15N2O15P3.3Na/c12-5-4(2-23-28(19,20)26-29(21,22)25-27(16,17)18)24-7(6(5)13)3-1-10-9(15)11-8(3)14;;;/h1,4-7,12-13H,2H2,(H,19,20)(H,21,22)(H2,16,17,18)(H2,10,11,14,15);;;/q;3*+1/p-3/t4-,5-,6-,7+;;;/m1.../s1. The topological polar surface area (TPSA) is 284 Å². The number of hydrogen-bond donors (Lipinski definition) is 5. The molecular formula is C9H12N2Na3O15P3. The van der Waals surface area contributed by atoms with Crippen molar-refractivity contribution in [3.8, 4) is 0 Å². The molecule has 2 rings (SSSR count). The second-order valence-electron chi connectivity index (χ2n) is 5.43. The Morgan fingerprint density at radius 1 is 1.00 bits per heavy atom. The molecule has 1 aliphatic rings. The minimum atomic E-state index is -6.10. The molecule has 32 heavy (non-hydrogen) atoms. The zero-order valence-corrected chi connectivity index (χ0v) is 25.4. The number of ether oxygens (including phenoxy) is 1. The predicted octanol–water partition coefficient (Wildman–Crippen LogP) is -13.3. The Labute approximate surface area is 244 Å². The van der Waals surface area contributed by atoms with Crippen LogP contribution in [0.3, 0.4) is 0 Å². The van der Waals surface area contributed by atoms with Gasteiger partial charge in [-0.15, -0.1) is 0 Å². The van der Waals surface area contributed by atoms with Gasteiger partial charge in [-0.1, -0.05) is 0 Å². The summed E-state index contributed by atoms with van der Waals surface area (Å²) in [4.78, 5) is 67.8. The van der Waals surface area contributed by atoms with Crippen LogP contribution in [0.1, 0.15) is 11.7 Å². The van der Waals surface area contributed by atoms with Gasteiger partial charge >= 0.3 is 94.4 Å². The van der Waals surface area contributed by atoms with Crippen LogP contribution < -0.4 is 115 Å². The van der Waals surface area contributed by atoms with Crippen LogP contribution in [-0.2, 0) is 31.6 Å². The predicted molar refractivity (Wildman–Crippen MR) is 80.5 cm³/mol. The van der Waals surface area contributed by atoms with Crippen molar-refractivity contribution in [2.75, 3.05) is 6.61 Å². The molecule has 166 valence electrons. The van der Waals surface area contributed by atoms with Crippen LogP contribution in [0.5, 0.6) is 0 Å². The van der Waals surface area contributed by atoms with E-state index in [0.717, 1.165) is 6.20 Å². The second kappa shape index (κ2) is 14.1. The van der Waals surface area contributed by atoms with Gasteiger partial charge in [0.25, 0.3) is 29.0 Å². The van der Waals surface area contributed by atoms with Crippen molar-refractivity contribution in [1.29, 1.82) is 0 Å². The molecule has 0 aliphatic carbocycles. The second-order valence-corrected chi connectivity index (χ2v) is 9.72. The van der Waals surface area contributed by atoms with Gasteiger partial charge in [0.15, 0.2) is 0 Å². The van der Waals surface area contributed by atoms with E-state index in [1.165, 1.54) is 0 Å². The average Bonchev–Trinajstić information content (AvgIpc) is 2.78. The van der Waals surface area contributed by atoms with Crippen LogP contribution >= 0.6 is 23.5 Å². The van der Waals surface area contributed by atoms with Crippen molar-refractivity contribution in [2.24, 2.45) is 0 Å². The Bertz CT molecular complexity index is 1010. The Balaban J connectivity index is 0. The fourth-order valence-electron chi connectivity index (χ4n) is 2.23. The van der Waals surface area contributed by atoms with E-state index in [9.17, 15) is 48.2 Å². The third-order valence-electron chi connectivity index (χ3n) is 3.32. The molecule has 1 fully saturated rings. The van der Waals surface area contributed by atoms with Crippen LogP contribution in [0.15, 0.2) is 15.8 Å². The summed E-state index contributed by atoms with van der Waals surface area (Å²) in [6.45, 7) is -1.15. The summed E-state index contributed by atoms with van der Waals surface area (Å²) in [6, 6.07) is 0. The van der Waals surface area contributed by atoms with E-state index >= 15 is 0 Å². The van der Waals surface area contributed by atoms with Crippen molar-refractivity contribution >= 4 is 23.5 Å². The van der Waals surface area contributed by atoms with E-state index in [1.54, 1.807) is 0 Å². The molecule has 2 heterocycles. The molecule has 3 unspecified atom stereocenters. The number of aromatic amines is 2. The summed E-state index contributed by atoms with van der Waals surface area (Å²) in [5, 5.41) is 19.8. The Morgan fingerprint density at radius 2 is 1.56 bits per heavy atom. The first-order chi connectivity index (χ1) is 13.1. The maximum atomic E-state index is 11.7. The van der Waals surface area contributed by atoms with Crippen molar-refractivity contribution in [3.05, 3.63) is 32.6 Å². The van der Waals surface area contributed by atoms with Gasteiger partial charge in [-0.3, -0.25) is 23.5 Å². The number of hydrogen-bond acceptors (Lipinski definition) is 14.